The van der Waals surface area contributed by atoms with Gasteiger partial charge in [-0.05, 0) is 24.6 Å². The van der Waals surface area contributed by atoms with Crippen molar-refractivity contribution in [3.63, 3.8) is 0 Å². The Bertz CT molecular complexity index is 628. The zero-order chi connectivity index (χ0) is 15.9. The molecule has 0 unspecified atom stereocenters. The Balaban J connectivity index is 2.10. The number of anilines is 1. The topological polar surface area (TPSA) is 90.1 Å². The molecule has 0 spiro atoms. The largest absolute Gasteiger partial charge is 0.384 e. The average Bonchev–Trinajstić information content (AvgIpc) is 2.54. The molecule has 3 N–H and O–H groups in total. The number of methoxy groups -OCH3 is 1. The fourth-order valence-electron chi connectivity index (χ4n) is 2.01. The highest BCUT2D eigenvalue weighted by Crippen LogP contribution is 2.16. The van der Waals surface area contributed by atoms with E-state index in [1.165, 1.54) is 0 Å². The van der Waals surface area contributed by atoms with Crippen LogP contribution in [0.1, 0.15) is 23.7 Å². The predicted octanol–water partition coefficient (Wildman–Crippen LogP) is 1.88. The Labute approximate surface area is 129 Å². The zero-order valence-electron chi connectivity index (χ0n) is 12.7. The average molecular weight is 300 g/mol. The predicted molar refractivity (Wildman–Crippen MR) is 85.3 cm³/mol. The summed E-state index contributed by atoms with van der Waals surface area (Å²) in [6, 6.07) is 8.75. The van der Waals surface area contributed by atoms with Gasteiger partial charge in [0.1, 0.15) is 5.82 Å². The normalized spacial score (nSPS) is 11.9. The number of nitrogens with zero attached hydrogens (tertiary/aromatic N) is 2. The molecule has 0 aliphatic carbocycles. The van der Waals surface area contributed by atoms with Crippen LogP contribution in [-0.2, 0) is 4.74 Å². The molecule has 2 aromatic rings. The molecule has 1 heterocycles. The Morgan fingerprint density at radius 1 is 1.32 bits per heavy atom. The summed E-state index contributed by atoms with van der Waals surface area (Å²) < 4.78 is 5.08. The number of carbonyl (C=O) groups is 1. The number of nitrogens with two attached hydrogens (primary N) is 1. The van der Waals surface area contributed by atoms with Gasteiger partial charge in [0.25, 0.3) is 5.91 Å². The molecule has 0 radical (unpaired) electrons. The van der Waals surface area contributed by atoms with Gasteiger partial charge in [0.05, 0.1) is 12.6 Å². The van der Waals surface area contributed by atoms with Crippen molar-refractivity contribution in [1.29, 1.82) is 0 Å². The van der Waals surface area contributed by atoms with Gasteiger partial charge in [-0.25, -0.2) is 9.97 Å². The Kier molecular flexibility index (Phi) is 5.43. The summed E-state index contributed by atoms with van der Waals surface area (Å²) in [6.45, 7) is 2.50. The van der Waals surface area contributed by atoms with Gasteiger partial charge in [0.2, 0.25) is 0 Å². The van der Waals surface area contributed by atoms with E-state index in [9.17, 15) is 4.79 Å². The van der Waals surface area contributed by atoms with Crippen molar-refractivity contribution in [2.24, 2.45) is 0 Å². The molecule has 6 nitrogen and oxygen atoms in total. The Morgan fingerprint density at radius 3 is 2.64 bits per heavy atom. The van der Waals surface area contributed by atoms with E-state index in [0.29, 0.717) is 23.8 Å². The number of nitrogen functional groups attached to an aromatic ring is 1. The van der Waals surface area contributed by atoms with Crippen molar-refractivity contribution in [3.8, 4) is 11.4 Å². The third-order valence-electron chi connectivity index (χ3n) is 3.28. The zero-order valence-corrected chi connectivity index (χ0v) is 12.7. The lowest BCUT2D eigenvalue weighted by molar-refractivity contribution is 0.0894. The molecule has 0 aliphatic rings. The molecular weight excluding hydrogens is 280 g/mol. The second kappa shape index (κ2) is 7.51. The van der Waals surface area contributed by atoms with Crippen molar-refractivity contribution in [3.05, 3.63) is 42.1 Å². The van der Waals surface area contributed by atoms with Crippen LogP contribution < -0.4 is 11.1 Å². The van der Waals surface area contributed by atoms with Crippen molar-refractivity contribution in [1.82, 2.24) is 15.3 Å². The summed E-state index contributed by atoms with van der Waals surface area (Å²) in [7, 11) is 1.62. The van der Waals surface area contributed by atoms with Crippen LogP contribution in [0.3, 0.4) is 0 Å². The molecule has 1 aromatic heterocycles. The first-order valence-corrected chi connectivity index (χ1v) is 7.12. The van der Waals surface area contributed by atoms with Crippen LogP contribution >= 0.6 is 0 Å². The molecular formula is C16H20N4O2. The molecule has 0 aliphatic heterocycles. The van der Waals surface area contributed by atoms with Gasteiger partial charge in [-0.1, -0.05) is 19.1 Å². The summed E-state index contributed by atoms with van der Waals surface area (Å²) in [5, 5.41) is 2.94. The second-order valence-electron chi connectivity index (χ2n) is 4.92. The maximum atomic E-state index is 12.2. The Hall–Kier alpha value is -2.47. The number of hydrogen-bond acceptors (Lipinski definition) is 5. The summed E-state index contributed by atoms with van der Waals surface area (Å²) in [5.41, 5.74) is 7.04. The molecule has 1 atom stereocenters. The fraction of sp³-hybridized carbons (Fsp3) is 0.312. The van der Waals surface area contributed by atoms with Gasteiger partial charge in [0.15, 0.2) is 5.82 Å². The van der Waals surface area contributed by atoms with E-state index in [2.05, 4.69) is 15.3 Å². The smallest absolute Gasteiger partial charge is 0.251 e. The van der Waals surface area contributed by atoms with Gasteiger partial charge < -0.3 is 15.8 Å². The van der Waals surface area contributed by atoms with E-state index in [1.807, 2.05) is 6.92 Å². The number of carbonyl (C=O) groups excluding carboxylic acids is 1. The highest BCUT2D eigenvalue weighted by molar-refractivity contribution is 5.94. The monoisotopic (exact) mass is 300 g/mol. The van der Waals surface area contributed by atoms with Crippen LogP contribution in [0.2, 0.25) is 0 Å². The standard InChI is InChI=1S/C16H20N4O2/c1-3-13(10-22-2)19-16(21)12-6-4-11(5-7-12)15-18-9-8-14(17)20-15/h4-9,13H,3,10H2,1-2H3,(H,19,21)(H2,17,18,20)/t13-/m0/s1. The first-order valence-electron chi connectivity index (χ1n) is 7.12. The van der Waals surface area contributed by atoms with Crippen LogP contribution in [-0.4, -0.2) is 35.6 Å². The molecule has 22 heavy (non-hydrogen) atoms. The molecule has 2 rings (SSSR count). The minimum absolute atomic E-state index is 0.00873. The van der Waals surface area contributed by atoms with Crippen molar-refractivity contribution >= 4 is 11.7 Å². The molecule has 0 fully saturated rings. The summed E-state index contributed by atoms with van der Waals surface area (Å²) in [6.07, 6.45) is 2.42. The molecule has 116 valence electrons. The number of nitrogens with one attached hydrogen (secondary N) is 1. The highest BCUT2D eigenvalue weighted by Gasteiger charge is 2.12. The Morgan fingerprint density at radius 2 is 2.05 bits per heavy atom. The van der Waals surface area contributed by atoms with Crippen LogP contribution in [0, 0.1) is 0 Å². The van der Waals surface area contributed by atoms with Gasteiger partial charge in [-0.3, -0.25) is 4.79 Å². The van der Waals surface area contributed by atoms with Gasteiger partial charge in [-0.2, -0.15) is 0 Å². The third-order valence-corrected chi connectivity index (χ3v) is 3.28. The first kappa shape index (κ1) is 15.9. The number of hydrogen-bond donors (Lipinski definition) is 2. The van der Waals surface area contributed by atoms with Crippen molar-refractivity contribution < 1.29 is 9.53 Å². The number of benzene rings is 1. The summed E-state index contributed by atoms with van der Waals surface area (Å²) in [4.78, 5) is 20.5. The van der Waals surface area contributed by atoms with Gasteiger partial charge in [0, 0.05) is 24.4 Å². The maximum Gasteiger partial charge on any atom is 0.251 e. The lowest BCUT2D eigenvalue weighted by Crippen LogP contribution is -2.37. The molecule has 0 saturated carbocycles. The third kappa shape index (κ3) is 4.02. The van der Waals surface area contributed by atoms with Crippen LogP contribution in [0.4, 0.5) is 5.82 Å². The van der Waals surface area contributed by atoms with Gasteiger partial charge in [-0.15, -0.1) is 0 Å². The summed E-state index contributed by atoms with van der Waals surface area (Å²) >= 11 is 0. The molecule has 1 amide bonds. The highest BCUT2D eigenvalue weighted by atomic mass is 16.5. The molecule has 0 saturated heterocycles. The minimum atomic E-state index is -0.121. The molecule has 6 heteroatoms. The number of amides is 1. The van der Waals surface area contributed by atoms with E-state index in [1.54, 1.807) is 43.6 Å². The van der Waals surface area contributed by atoms with Crippen LogP contribution in [0.25, 0.3) is 11.4 Å². The summed E-state index contributed by atoms with van der Waals surface area (Å²) in [5.74, 6) is 0.832. The maximum absolute atomic E-state index is 12.2. The quantitative estimate of drug-likeness (QED) is 0.850. The van der Waals surface area contributed by atoms with Crippen molar-refractivity contribution in [2.45, 2.75) is 19.4 Å². The van der Waals surface area contributed by atoms with E-state index >= 15 is 0 Å². The van der Waals surface area contributed by atoms with E-state index in [4.69, 9.17) is 10.5 Å². The van der Waals surface area contributed by atoms with Gasteiger partial charge >= 0.3 is 0 Å². The number of aromatic nitrogens is 2. The lowest BCUT2D eigenvalue weighted by Gasteiger charge is -2.15. The SMILES string of the molecule is CC[C@@H](COC)NC(=O)c1ccc(-c2nccc(N)n2)cc1. The van der Waals surface area contributed by atoms with Crippen LogP contribution in [0.5, 0.6) is 0 Å². The molecule has 1 aromatic carbocycles. The second-order valence-corrected chi connectivity index (χ2v) is 4.92. The van der Waals surface area contributed by atoms with E-state index in [-0.39, 0.29) is 11.9 Å². The minimum Gasteiger partial charge on any atom is -0.384 e. The number of rotatable bonds is 6. The fourth-order valence-corrected chi connectivity index (χ4v) is 2.01. The molecule has 0 bridgehead atoms. The number of ether oxygens (including phenoxy) is 1. The van der Waals surface area contributed by atoms with Crippen LogP contribution in [0.15, 0.2) is 36.5 Å². The lowest BCUT2D eigenvalue weighted by atomic mass is 10.1. The van der Waals surface area contributed by atoms with E-state index < -0.39 is 0 Å². The van der Waals surface area contributed by atoms with E-state index in [0.717, 1.165) is 12.0 Å². The van der Waals surface area contributed by atoms with Crippen molar-refractivity contribution in [2.75, 3.05) is 19.5 Å². The first-order chi connectivity index (χ1) is 10.6.